The Balaban J connectivity index is 1.16. The summed E-state index contributed by atoms with van der Waals surface area (Å²) in [5.74, 6) is 0.536. The van der Waals surface area contributed by atoms with Gasteiger partial charge in [0.25, 0.3) is 5.91 Å². The zero-order chi connectivity index (χ0) is 21.5. The minimum absolute atomic E-state index is 0.0180. The van der Waals surface area contributed by atoms with Gasteiger partial charge in [-0.3, -0.25) is 9.89 Å². The lowest BCUT2D eigenvalue weighted by Crippen LogP contribution is -2.35. The van der Waals surface area contributed by atoms with Crippen molar-refractivity contribution in [3.05, 3.63) is 63.8 Å². The Hall–Kier alpha value is -2.77. The quantitative estimate of drug-likeness (QED) is 0.637. The smallest absolute Gasteiger partial charge is 0.410 e. The summed E-state index contributed by atoms with van der Waals surface area (Å²) in [5.41, 5.74) is 2.31. The van der Waals surface area contributed by atoms with Crippen molar-refractivity contribution in [3.8, 4) is 0 Å². The second-order valence-electron chi connectivity index (χ2n) is 8.14. The summed E-state index contributed by atoms with van der Waals surface area (Å²) < 4.78 is 5.44. The number of benzene rings is 2. The molecule has 1 N–H and O–H groups in total. The zero-order valence-electron chi connectivity index (χ0n) is 16.6. The summed E-state index contributed by atoms with van der Waals surface area (Å²) >= 11 is 12.0. The molecule has 160 valence electrons. The highest BCUT2D eigenvalue weighted by molar-refractivity contribution is 6.34. The van der Waals surface area contributed by atoms with Gasteiger partial charge in [0.15, 0.2) is 0 Å². The van der Waals surface area contributed by atoms with E-state index in [9.17, 15) is 9.59 Å². The molecule has 2 aliphatic heterocycles. The first-order chi connectivity index (χ1) is 15.0. The molecule has 1 aromatic heterocycles. The Morgan fingerprint density at radius 2 is 1.68 bits per heavy atom. The Morgan fingerprint density at radius 1 is 1.00 bits per heavy atom. The van der Waals surface area contributed by atoms with Gasteiger partial charge in [-0.1, -0.05) is 23.2 Å². The van der Waals surface area contributed by atoms with Crippen LogP contribution in [0, 0.1) is 11.8 Å². The molecule has 9 heteroatoms. The van der Waals surface area contributed by atoms with Crippen LogP contribution in [0.1, 0.15) is 15.9 Å². The number of likely N-dealkylation sites (tertiary alicyclic amines) is 2. The highest BCUT2D eigenvalue weighted by Crippen LogP contribution is 2.32. The Bertz CT molecular complexity index is 1130. The molecular formula is C22H20Cl2N4O3. The van der Waals surface area contributed by atoms with E-state index in [0.29, 0.717) is 41.8 Å². The highest BCUT2D eigenvalue weighted by Gasteiger charge is 2.43. The van der Waals surface area contributed by atoms with Gasteiger partial charge in [0.1, 0.15) is 6.61 Å². The SMILES string of the molecule is O=C(OCc1cc(Cl)cc(Cl)c1)N1C[C@@H]2CN(C(=O)c3ccc4[nH]ncc4c3)C[C@H]2C1. The molecule has 0 spiro atoms. The third kappa shape index (κ3) is 4.07. The Morgan fingerprint density at radius 3 is 2.39 bits per heavy atom. The predicted octanol–water partition coefficient (Wildman–Crippen LogP) is 4.21. The van der Waals surface area contributed by atoms with Crippen molar-refractivity contribution in [2.75, 3.05) is 26.2 Å². The fourth-order valence-electron chi connectivity index (χ4n) is 4.50. The van der Waals surface area contributed by atoms with Crippen LogP contribution in [-0.4, -0.2) is 58.2 Å². The number of aromatic amines is 1. The minimum Gasteiger partial charge on any atom is -0.445 e. The van der Waals surface area contributed by atoms with E-state index in [2.05, 4.69) is 10.2 Å². The number of hydrogen-bond donors (Lipinski definition) is 1. The monoisotopic (exact) mass is 458 g/mol. The Kier molecular flexibility index (Phi) is 5.24. The number of rotatable bonds is 3. The second-order valence-corrected chi connectivity index (χ2v) is 9.01. The van der Waals surface area contributed by atoms with E-state index < -0.39 is 0 Å². The third-order valence-electron chi connectivity index (χ3n) is 6.00. The number of carbonyl (C=O) groups is 2. The van der Waals surface area contributed by atoms with Crippen molar-refractivity contribution in [2.45, 2.75) is 6.61 Å². The number of carbonyl (C=O) groups excluding carboxylic acids is 2. The number of H-pyrrole nitrogens is 1. The highest BCUT2D eigenvalue weighted by atomic mass is 35.5. The van der Waals surface area contributed by atoms with Gasteiger partial charge in [0.2, 0.25) is 0 Å². The molecule has 3 aromatic rings. The van der Waals surface area contributed by atoms with Gasteiger partial charge >= 0.3 is 6.09 Å². The molecule has 0 aliphatic carbocycles. The molecule has 2 atom stereocenters. The fraction of sp³-hybridized carbons (Fsp3) is 0.318. The minimum atomic E-state index is -0.353. The number of amides is 2. The maximum Gasteiger partial charge on any atom is 0.410 e. The van der Waals surface area contributed by atoms with E-state index >= 15 is 0 Å². The van der Waals surface area contributed by atoms with Crippen LogP contribution in [0.15, 0.2) is 42.6 Å². The molecular weight excluding hydrogens is 439 g/mol. The molecule has 0 radical (unpaired) electrons. The molecule has 0 bridgehead atoms. The van der Waals surface area contributed by atoms with Crippen molar-refractivity contribution in [1.82, 2.24) is 20.0 Å². The lowest BCUT2D eigenvalue weighted by Gasteiger charge is -2.21. The first-order valence-electron chi connectivity index (χ1n) is 10.1. The summed E-state index contributed by atoms with van der Waals surface area (Å²) in [5, 5.41) is 8.82. The number of nitrogens with one attached hydrogen (secondary N) is 1. The summed E-state index contributed by atoms with van der Waals surface area (Å²) in [6.45, 7) is 2.57. The van der Waals surface area contributed by atoms with Gasteiger partial charge < -0.3 is 14.5 Å². The maximum absolute atomic E-state index is 12.9. The van der Waals surface area contributed by atoms with E-state index in [1.807, 2.05) is 23.1 Å². The third-order valence-corrected chi connectivity index (χ3v) is 6.44. The van der Waals surface area contributed by atoms with Gasteiger partial charge in [-0.2, -0.15) is 5.10 Å². The molecule has 2 aromatic carbocycles. The summed E-state index contributed by atoms with van der Waals surface area (Å²) in [6.07, 6.45) is 1.36. The summed E-state index contributed by atoms with van der Waals surface area (Å²) in [7, 11) is 0. The van der Waals surface area contributed by atoms with Crippen LogP contribution in [0.5, 0.6) is 0 Å². The van der Waals surface area contributed by atoms with Crippen LogP contribution in [0.3, 0.4) is 0 Å². The molecule has 5 rings (SSSR count). The molecule has 0 saturated carbocycles. The summed E-state index contributed by atoms with van der Waals surface area (Å²) in [6, 6.07) is 10.6. The molecule has 2 saturated heterocycles. The van der Waals surface area contributed by atoms with Gasteiger partial charge in [-0.25, -0.2) is 4.79 Å². The normalized spacial score (nSPS) is 20.3. The van der Waals surface area contributed by atoms with Crippen LogP contribution < -0.4 is 0 Å². The van der Waals surface area contributed by atoms with E-state index in [4.69, 9.17) is 27.9 Å². The largest absolute Gasteiger partial charge is 0.445 e. The molecule has 0 unspecified atom stereocenters. The number of nitrogens with zero attached hydrogens (tertiary/aromatic N) is 3. The van der Waals surface area contributed by atoms with E-state index in [0.717, 1.165) is 16.5 Å². The van der Waals surface area contributed by atoms with Crippen LogP contribution in [0.4, 0.5) is 4.79 Å². The predicted molar refractivity (Wildman–Crippen MR) is 117 cm³/mol. The average Bonchev–Trinajstić information content (AvgIpc) is 3.44. The molecule has 2 aliphatic rings. The number of fused-ring (bicyclic) bond motifs is 2. The fourth-order valence-corrected chi connectivity index (χ4v) is 5.07. The van der Waals surface area contributed by atoms with Crippen LogP contribution in [0.2, 0.25) is 10.0 Å². The second kappa shape index (κ2) is 8.05. The van der Waals surface area contributed by atoms with E-state index in [1.165, 1.54) is 0 Å². The zero-order valence-corrected chi connectivity index (χ0v) is 18.1. The first kappa shape index (κ1) is 20.2. The number of ether oxygens (including phenoxy) is 1. The maximum atomic E-state index is 12.9. The molecule has 3 heterocycles. The van der Waals surface area contributed by atoms with Crippen molar-refractivity contribution in [2.24, 2.45) is 11.8 Å². The van der Waals surface area contributed by atoms with Gasteiger partial charge in [-0.05, 0) is 42.0 Å². The average molecular weight is 459 g/mol. The number of halogens is 2. The first-order valence-corrected chi connectivity index (χ1v) is 10.8. The van der Waals surface area contributed by atoms with Crippen molar-refractivity contribution < 1.29 is 14.3 Å². The van der Waals surface area contributed by atoms with Gasteiger partial charge in [0.05, 0.1) is 11.7 Å². The lowest BCUT2D eigenvalue weighted by molar-refractivity contribution is 0.0764. The van der Waals surface area contributed by atoms with Crippen molar-refractivity contribution in [1.29, 1.82) is 0 Å². The number of aromatic nitrogens is 2. The lowest BCUT2D eigenvalue weighted by atomic mass is 10.0. The topological polar surface area (TPSA) is 78.5 Å². The van der Waals surface area contributed by atoms with E-state index in [-0.39, 0.29) is 30.4 Å². The molecule has 2 amide bonds. The molecule has 7 nitrogen and oxygen atoms in total. The summed E-state index contributed by atoms with van der Waals surface area (Å²) in [4.78, 5) is 29.1. The van der Waals surface area contributed by atoms with Crippen LogP contribution in [0.25, 0.3) is 10.9 Å². The number of hydrogen-bond acceptors (Lipinski definition) is 4. The van der Waals surface area contributed by atoms with E-state index in [1.54, 1.807) is 29.3 Å². The Labute approximate surface area is 188 Å². The van der Waals surface area contributed by atoms with Gasteiger partial charge in [0, 0.05) is 59.0 Å². The van der Waals surface area contributed by atoms with Crippen molar-refractivity contribution in [3.63, 3.8) is 0 Å². The van der Waals surface area contributed by atoms with Crippen LogP contribution >= 0.6 is 23.2 Å². The van der Waals surface area contributed by atoms with Crippen molar-refractivity contribution >= 4 is 46.1 Å². The van der Waals surface area contributed by atoms with Crippen LogP contribution in [-0.2, 0) is 11.3 Å². The molecule has 31 heavy (non-hydrogen) atoms. The van der Waals surface area contributed by atoms with Gasteiger partial charge in [-0.15, -0.1) is 0 Å². The standard InChI is InChI=1S/C22H20Cl2N4O3/c23-18-3-13(4-19(24)6-18)12-31-22(30)28-10-16-8-27(9-17(16)11-28)21(29)14-1-2-20-15(5-14)7-25-26-20/h1-7,16-17H,8-12H2,(H,25,26)/t16-,17-/m0/s1. The molecule has 2 fully saturated rings.